The van der Waals surface area contributed by atoms with Crippen LogP contribution in [-0.2, 0) is 7.05 Å². The Balaban J connectivity index is 2.19. The molecule has 0 saturated heterocycles. The van der Waals surface area contributed by atoms with E-state index in [2.05, 4.69) is 37.6 Å². The second-order valence-corrected chi connectivity index (χ2v) is 5.26. The molecule has 0 unspecified atom stereocenters. The number of benzene rings is 1. The highest BCUT2D eigenvalue weighted by molar-refractivity contribution is 6.13. The fraction of sp³-hybridized carbons (Fsp3) is 0.0625. The molecule has 0 bridgehead atoms. The largest absolute Gasteiger partial charge is 0.334 e. The predicted octanol–water partition coefficient (Wildman–Crippen LogP) is 2.92. The first kappa shape index (κ1) is 10.8. The van der Waals surface area contributed by atoms with Crippen LogP contribution in [0.2, 0.25) is 0 Å². The first-order valence-electron chi connectivity index (χ1n) is 6.76. The number of nitrogens with zero attached hydrogens (tertiary/aromatic N) is 5. The Bertz CT molecular complexity index is 1150. The number of hydrogen-bond acceptors (Lipinski definition) is 3. The Morgan fingerprint density at radius 2 is 1.90 bits per heavy atom. The summed E-state index contributed by atoms with van der Waals surface area (Å²) in [5.74, 6) is 0. The molecule has 5 aromatic rings. The van der Waals surface area contributed by atoms with Crippen LogP contribution in [-0.4, -0.2) is 23.9 Å². The molecule has 0 saturated carbocycles. The van der Waals surface area contributed by atoms with E-state index in [0.29, 0.717) is 0 Å². The van der Waals surface area contributed by atoms with Crippen LogP contribution in [0, 0.1) is 0 Å². The first-order valence-corrected chi connectivity index (χ1v) is 6.76. The number of pyridine rings is 2. The smallest absolute Gasteiger partial charge is 0.0997 e. The summed E-state index contributed by atoms with van der Waals surface area (Å²) in [5, 5.41) is 2.31. The van der Waals surface area contributed by atoms with Gasteiger partial charge >= 0.3 is 0 Å². The van der Waals surface area contributed by atoms with Gasteiger partial charge in [-0.15, -0.1) is 0 Å². The Kier molecular flexibility index (Phi) is 1.84. The summed E-state index contributed by atoms with van der Waals surface area (Å²) in [6.07, 6.45) is 7.36. The van der Waals surface area contributed by atoms with E-state index in [-0.39, 0.29) is 0 Å². The third-order valence-electron chi connectivity index (χ3n) is 4.08. The van der Waals surface area contributed by atoms with E-state index in [4.69, 9.17) is 0 Å². The van der Waals surface area contributed by atoms with E-state index >= 15 is 0 Å². The molecular weight excluding hydrogens is 262 g/mol. The molecule has 100 valence electrons. The summed E-state index contributed by atoms with van der Waals surface area (Å²) in [7, 11) is 2.01. The maximum Gasteiger partial charge on any atom is 0.0997 e. The Morgan fingerprint density at radius 1 is 0.952 bits per heavy atom. The monoisotopic (exact) mass is 273 g/mol. The van der Waals surface area contributed by atoms with Crippen molar-refractivity contribution < 1.29 is 0 Å². The summed E-state index contributed by atoms with van der Waals surface area (Å²) in [6.45, 7) is 0. The Morgan fingerprint density at radius 3 is 2.86 bits per heavy atom. The Labute approximate surface area is 119 Å². The lowest BCUT2D eigenvalue weighted by Crippen LogP contribution is -1.92. The quantitative estimate of drug-likeness (QED) is 0.408. The predicted molar refractivity (Wildman–Crippen MR) is 82.3 cm³/mol. The number of rotatable bonds is 0. The zero-order chi connectivity index (χ0) is 14.0. The van der Waals surface area contributed by atoms with Gasteiger partial charge in [-0.2, -0.15) is 0 Å². The first-order chi connectivity index (χ1) is 10.3. The van der Waals surface area contributed by atoms with Gasteiger partial charge in [0.05, 0.1) is 46.4 Å². The van der Waals surface area contributed by atoms with Gasteiger partial charge in [-0.05, 0) is 18.2 Å². The van der Waals surface area contributed by atoms with E-state index in [9.17, 15) is 0 Å². The minimum Gasteiger partial charge on any atom is -0.334 e. The van der Waals surface area contributed by atoms with Crippen molar-refractivity contribution in [3.8, 4) is 0 Å². The summed E-state index contributed by atoms with van der Waals surface area (Å²) >= 11 is 0. The van der Waals surface area contributed by atoms with Gasteiger partial charge in [0.25, 0.3) is 0 Å². The van der Waals surface area contributed by atoms with E-state index in [1.54, 1.807) is 0 Å². The number of aryl methyl sites for hydroxylation is 1. The van der Waals surface area contributed by atoms with Crippen molar-refractivity contribution in [2.45, 2.75) is 0 Å². The molecule has 21 heavy (non-hydrogen) atoms. The molecule has 5 heteroatoms. The van der Waals surface area contributed by atoms with E-state index in [1.807, 2.05) is 42.7 Å². The second-order valence-electron chi connectivity index (χ2n) is 5.26. The minimum absolute atomic E-state index is 0.976. The lowest BCUT2D eigenvalue weighted by atomic mass is 10.1. The highest BCUT2D eigenvalue weighted by Crippen LogP contribution is 2.30. The lowest BCUT2D eigenvalue weighted by Gasteiger charge is -2.08. The summed E-state index contributed by atoms with van der Waals surface area (Å²) in [5.41, 5.74) is 5.21. The fourth-order valence-corrected chi connectivity index (χ4v) is 3.07. The number of hydrogen-bond donors (Lipinski definition) is 0. The van der Waals surface area contributed by atoms with Crippen LogP contribution in [0.1, 0.15) is 0 Å². The normalized spacial score (nSPS) is 12.0. The lowest BCUT2D eigenvalue weighted by molar-refractivity contribution is 0.948. The summed E-state index contributed by atoms with van der Waals surface area (Å²) in [6, 6.07) is 8.38. The molecule has 5 rings (SSSR count). The Hall–Kier alpha value is -2.95. The van der Waals surface area contributed by atoms with Gasteiger partial charge in [0.1, 0.15) is 0 Å². The van der Waals surface area contributed by atoms with Crippen LogP contribution in [0.5, 0.6) is 0 Å². The van der Waals surface area contributed by atoms with Crippen molar-refractivity contribution in [1.82, 2.24) is 23.9 Å². The third-order valence-corrected chi connectivity index (χ3v) is 4.08. The molecule has 4 heterocycles. The highest BCUT2D eigenvalue weighted by atomic mass is 15.0. The minimum atomic E-state index is 0.976. The average molecular weight is 273 g/mol. The SMILES string of the molecule is Cn1cnc2cc3c(cc21)c1cccnc1c1cncn31. The topological polar surface area (TPSA) is 48.0 Å². The molecule has 0 radical (unpaired) electrons. The molecule has 0 aliphatic heterocycles. The van der Waals surface area contributed by atoms with Crippen molar-refractivity contribution >= 4 is 38.4 Å². The molecule has 5 nitrogen and oxygen atoms in total. The van der Waals surface area contributed by atoms with Crippen LogP contribution in [0.15, 0.2) is 49.3 Å². The van der Waals surface area contributed by atoms with E-state index in [1.165, 1.54) is 5.39 Å². The van der Waals surface area contributed by atoms with Crippen LogP contribution < -0.4 is 0 Å². The van der Waals surface area contributed by atoms with Crippen LogP contribution >= 0.6 is 0 Å². The van der Waals surface area contributed by atoms with Gasteiger partial charge in [-0.1, -0.05) is 6.07 Å². The van der Waals surface area contributed by atoms with Gasteiger partial charge in [-0.3, -0.25) is 9.38 Å². The molecule has 0 aliphatic rings. The van der Waals surface area contributed by atoms with Gasteiger partial charge in [0.15, 0.2) is 0 Å². The molecule has 0 amide bonds. The molecule has 4 aromatic heterocycles. The molecule has 0 aliphatic carbocycles. The van der Waals surface area contributed by atoms with Gasteiger partial charge < -0.3 is 4.57 Å². The van der Waals surface area contributed by atoms with E-state index < -0.39 is 0 Å². The maximum atomic E-state index is 4.54. The van der Waals surface area contributed by atoms with Gasteiger partial charge in [-0.25, -0.2) is 9.97 Å². The highest BCUT2D eigenvalue weighted by Gasteiger charge is 2.11. The maximum absolute atomic E-state index is 4.54. The standard InChI is InChI=1S/C16H11N5/c1-20-9-19-12-6-13-11(5-14(12)20)10-3-2-4-18-16(10)15-7-17-8-21(13)15/h2-9H,1H3. The number of fused-ring (bicyclic) bond motifs is 7. The summed E-state index contributed by atoms with van der Waals surface area (Å²) < 4.78 is 4.12. The van der Waals surface area contributed by atoms with Crippen molar-refractivity contribution in [2.75, 3.05) is 0 Å². The third kappa shape index (κ3) is 1.27. The van der Waals surface area contributed by atoms with Crippen molar-refractivity contribution in [3.63, 3.8) is 0 Å². The van der Waals surface area contributed by atoms with Crippen molar-refractivity contribution in [2.24, 2.45) is 7.05 Å². The molecule has 0 N–H and O–H groups in total. The molecule has 1 aromatic carbocycles. The molecular formula is C16H11N5. The average Bonchev–Trinajstić information content (AvgIpc) is 3.14. The summed E-state index contributed by atoms with van der Waals surface area (Å²) in [4.78, 5) is 13.3. The van der Waals surface area contributed by atoms with Gasteiger partial charge in [0.2, 0.25) is 0 Å². The van der Waals surface area contributed by atoms with Crippen molar-refractivity contribution in [1.29, 1.82) is 0 Å². The van der Waals surface area contributed by atoms with Gasteiger partial charge in [0, 0.05) is 24.0 Å². The number of imidazole rings is 2. The zero-order valence-corrected chi connectivity index (χ0v) is 11.4. The number of aromatic nitrogens is 5. The van der Waals surface area contributed by atoms with Crippen LogP contribution in [0.3, 0.4) is 0 Å². The van der Waals surface area contributed by atoms with Crippen LogP contribution in [0.4, 0.5) is 0 Å². The van der Waals surface area contributed by atoms with E-state index in [0.717, 1.165) is 33.0 Å². The fourth-order valence-electron chi connectivity index (χ4n) is 3.07. The van der Waals surface area contributed by atoms with Crippen molar-refractivity contribution in [3.05, 3.63) is 49.3 Å². The molecule has 0 fully saturated rings. The molecule has 0 atom stereocenters. The molecule has 0 spiro atoms. The van der Waals surface area contributed by atoms with Crippen LogP contribution in [0.25, 0.3) is 38.4 Å². The second kappa shape index (κ2) is 3.58. The zero-order valence-electron chi connectivity index (χ0n) is 11.4.